The van der Waals surface area contributed by atoms with Crippen molar-refractivity contribution in [3.8, 4) is 0 Å². The molecule has 0 saturated carbocycles. The third-order valence-electron chi connectivity index (χ3n) is 5.11. The van der Waals surface area contributed by atoms with Gasteiger partial charge in [-0.3, -0.25) is 19.8 Å². The number of nitrogens with zero attached hydrogens (tertiary/aromatic N) is 2. The molecule has 0 radical (unpaired) electrons. The van der Waals surface area contributed by atoms with Gasteiger partial charge in [0.25, 0.3) is 5.91 Å². The lowest BCUT2D eigenvalue weighted by Crippen LogP contribution is -2.50. The second kappa shape index (κ2) is 8.48. The molecule has 1 fully saturated rings. The number of hydrazine groups is 1. The number of anilines is 2. The molecule has 2 N–H and O–H groups in total. The van der Waals surface area contributed by atoms with Crippen LogP contribution in [0.3, 0.4) is 0 Å². The van der Waals surface area contributed by atoms with E-state index in [0.717, 1.165) is 20.4 Å². The summed E-state index contributed by atoms with van der Waals surface area (Å²) >= 11 is 0. The monoisotopic (exact) mass is 444 g/mol. The number of sulfonamides is 1. The Morgan fingerprint density at radius 2 is 1.71 bits per heavy atom. The standard InChI is InChI=1S/C21H24N4O5S/c1-13-11-17(31(29,30)24(3)4)12-18(14(13)2)22-21(28)15-5-7-16(8-6-15)25-20(27)10-9-19(26)23-25/h5-8,11-12H,9-10H2,1-4H3,(H,22,28)(H,23,26). The van der Waals surface area contributed by atoms with Crippen LogP contribution in [0, 0.1) is 13.8 Å². The van der Waals surface area contributed by atoms with Crippen LogP contribution in [0.25, 0.3) is 0 Å². The highest BCUT2D eigenvalue weighted by atomic mass is 32.2. The summed E-state index contributed by atoms with van der Waals surface area (Å²) in [6.45, 7) is 3.57. The number of carbonyl (C=O) groups excluding carboxylic acids is 3. The highest BCUT2D eigenvalue weighted by Crippen LogP contribution is 2.26. The van der Waals surface area contributed by atoms with Crippen LogP contribution in [-0.2, 0) is 19.6 Å². The largest absolute Gasteiger partial charge is 0.322 e. The summed E-state index contributed by atoms with van der Waals surface area (Å²) in [5, 5.41) is 3.92. The molecule has 2 aromatic rings. The summed E-state index contributed by atoms with van der Waals surface area (Å²) in [5.41, 5.74) is 5.14. The predicted octanol–water partition coefficient (Wildman–Crippen LogP) is 1.96. The number of aryl methyl sites for hydroxylation is 1. The normalized spacial score (nSPS) is 14.5. The average molecular weight is 445 g/mol. The highest BCUT2D eigenvalue weighted by Gasteiger charge is 2.25. The van der Waals surface area contributed by atoms with Gasteiger partial charge in [0, 0.05) is 38.2 Å². The number of hydrogen-bond acceptors (Lipinski definition) is 5. The van der Waals surface area contributed by atoms with Gasteiger partial charge in [-0.1, -0.05) is 0 Å². The molecule has 31 heavy (non-hydrogen) atoms. The number of hydrogen-bond donors (Lipinski definition) is 2. The van der Waals surface area contributed by atoms with Crippen molar-refractivity contribution in [3.05, 3.63) is 53.1 Å². The van der Waals surface area contributed by atoms with Crippen molar-refractivity contribution in [1.29, 1.82) is 0 Å². The van der Waals surface area contributed by atoms with Gasteiger partial charge in [-0.15, -0.1) is 0 Å². The van der Waals surface area contributed by atoms with E-state index < -0.39 is 15.9 Å². The second-order valence-electron chi connectivity index (χ2n) is 7.47. The molecule has 3 rings (SSSR count). The highest BCUT2D eigenvalue weighted by molar-refractivity contribution is 7.89. The maximum atomic E-state index is 12.8. The van der Waals surface area contributed by atoms with Gasteiger partial charge >= 0.3 is 0 Å². The molecule has 164 valence electrons. The third-order valence-corrected chi connectivity index (χ3v) is 6.90. The van der Waals surface area contributed by atoms with E-state index in [-0.39, 0.29) is 29.6 Å². The zero-order chi connectivity index (χ0) is 22.9. The molecule has 1 aliphatic rings. The first-order valence-corrected chi connectivity index (χ1v) is 11.0. The Labute approximate surface area is 181 Å². The fraction of sp³-hybridized carbons (Fsp3) is 0.286. The minimum Gasteiger partial charge on any atom is -0.322 e. The molecule has 0 aliphatic carbocycles. The smallest absolute Gasteiger partial charge is 0.255 e. The Kier molecular flexibility index (Phi) is 6.14. The molecule has 1 saturated heterocycles. The summed E-state index contributed by atoms with van der Waals surface area (Å²) in [6, 6.07) is 9.18. The molecule has 1 aliphatic heterocycles. The quantitative estimate of drug-likeness (QED) is 0.731. The van der Waals surface area contributed by atoms with Crippen molar-refractivity contribution in [1.82, 2.24) is 9.73 Å². The van der Waals surface area contributed by atoms with Crippen LogP contribution in [0.2, 0.25) is 0 Å². The van der Waals surface area contributed by atoms with Crippen molar-refractivity contribution < 1.29 is 22.8 Å². The molecule has 0 spiro atoms. The van der Waals surface area contributed by atoms with Crippen LogP contribution in [0.15, 0.2) is 41.3 Å². The van der Waals surface area contributed by atoms with Gasteiger partial charge in [-0.2, -0.15) is 0 Å². The van der Waals surface area contributed by atoms with Gasteiger partial charge in [0.2, 0.25) is 21.8 Å². The molecule has 3 amide bonds. The zero-order valence-electron chi connectivity index (χ0n) is 17.7. The minimum absolute atomic E-state index is 0.0885. The van der Waals surface area contributed by atoms with E-state index in [0.29, 0.717) is 16.9 Å². The molecule has 9 nitrogen and oxygen atoms in total. The number of amides is 3. The Morgan fingerprint density at radius 1 is 1.06 bits per heavy atom. The first kappa shape index (κ1) is 22.4. The Balaban J connectivity index is 1.84. The third kappa shape index (κ3) is 4.59. The van der Waals surface area contributed by atoms with Crippen LogP contribution < -0.4 is 15.8 Å². The van der Waals surface area contributed by atoms with Crippen LogP contribution in [-0.4, -0.2) is 44.5 Å². The summed E-state index contributed by atoms with van der Waals surface area (Å²) in [6.07, 6.45) is 0.274. The van der Waals surface area contributed by atoms with E-state index in [1.807, 2.05) is 0 Å². The number of nitrogens with one attached hydrogen (secondary N) is 2. The maximum Gasteiger partial charge on any atom is 0.255 e. The van der Waals surface area contributed by atoms with Crippen molar-refractivity contribution in [2.45, 2.75) is 31.6 Å². The molecule has 0 unspecified atom stereocenters. The molecule has 0 aromatic heterocycles. The summed E-state index contributed by atoms with van der Waals surface area (Å²) in [5.74, 6) is -0.913. The second-order valence-corrected chi connectivity index (χ2v) is 9.62. The fourth-order valence-electron chi connectivity index (χ4n) is 3.06. The molecular weight excluding hydrogens is 420 g/mol. The first-order chi connectivity index (χ1) is 14.5. The van der Waals surface area contributed by atoms with Gasteiger partial charge in [0.1, 0.15) is 0 Å². The van der Waals surface area contributed by atoms with Crippen LogP contribution >= 0.6 is 0 Å². The lowest BCUT2D eigenvalue weighted by atomic mass is 10.1. The van der Waals surface area contributed by atoms with Crippen LogP contribution in [0.5, 0.6) is 0 Å². The Morgan fingerprint density at radius 3 is 2.32 bits per heavy atom. The van der Waals surface area contributed by atoms with E-state index in [1.54, 1.807) is 32.0 Å². The SMILES string of the molecule is Cc1cc(S(=O)(=O)N(C)C)cc(NC(=O)c2ccc(N3NC(=O)CCC3=O)cc2)c1C. The van der Waals surface area contributed by atoms with Gasteiger partial charge in [-0.25, -0.2) is 17.7 Å². The number of benzene rings is 2. The van der Waals surface area contributed by atoms with Gasteiger partial charge in [0.05, 0.1) is 10.6 Å². The van der Waals surface area contributed by atoms with Gasteiger partial charge in [-0.05, 0) is 61.4 Å². The Bertz CT molecular complexity index is 1160. The van der Waals surface area contributed by atoms with Crippen molar-refractivity contribution in [2.24, 2.45) is 0 Å². The Hall–Kier alpha value is -3.24. The molecule has 1 heterocycles. The van der Waals surface area contributed by atoms with Gasteiger partial charge < -0.3 is 5.32 Å². The minimum atomic E-state index is -3.66. The molecule has 10 heteroatoms. The predicted molar refractivity (Wildman–Crippen MR) is 116 cm³/mol. The van der Waals surface area contributed by atoms with Crippen LogP contribution in [0.4, 0.5) is 11.4 Å². The molecular formula is C21H24N4O5S. The summed E-state index contributed by atoms with van der Waals surface area (Å²) < 4.78 is 26.1. The van der Waals surface area contributed by atoms with Crippen molar-refractivity contribution in [3.63, 3.8) is 0 Å². The molecule has 0 bridgehead atoms. The summed E-state index contributed by atoms with van der Waals surface area (Å²) in [7, 11) is -0.768. The van der Waals surface area contributed by atoms with Crippen molar-refractivity contribution >= 4 is 39.1 Å². The van der Waals surface area contributed by atoms with E-state index in [4.69, 9.17) is 0 Å². The van der Waals surface area contributed by atoms with E-state index >= 15 is 0 Å². The zero-order valence-corrected chi connectivity index (χ0v) is 18.5. The lowest BCUT2D eigenvalue weighted by molar-refractivity contribution is -0.130. The van der Waals surface area contributed by atoms with Crippen LogP contribution in [0.1, 0.15) is 34.3 Å². The molecule has 0 atom stereocenters. The van der Waals surface area contributed by atoms with Gasteiger partial charge in [0.15, 0.2) is 0 Å². The fourth-order valence-corrected chi connectivity index (χ4v) is 4.07. The summed E-state index contributed by atoms with van der Waals surface area (Å²) in [4.78, 5) is 36.4. The number of rotatable bonds is 5. The first-order valence-electron chi connectivity index (χ1n) is 9.58. The lowest BCUT2D eigenvalue weighted by Gasteiger charge is -2.27. The van der Waals surface area contributed by atoms with Crippen molar-refractivity contribution in [2.75, 3.05) is 24.4 Å². The maximum absolute atomic E-state index is 12.8. The van der Waals surface area contributed by atoms with E-state index in [9.17, 15) is 22.8 Å². The van der Waals surface area contributed by atoms with E-state index in [1.165, 1.54) is 32.3 Å². The average Bonchev–Trinajstić information content (AvgIpc) is 2.72. The molecule has 2 aromatic carbocycles. The topological polar surface area (TPSA) is 116 Å². The number of carbonyl (C=O) groups is 3. The van der Waals surface area contributed by atoms with E-state index in [2.05, 4.69) is 10.7 Å².